The van der Waals surface area contributed by atoms with Gasteiger partial charge >= 0.3 is 0 Å². The van der Waals surface area contributed by atoms with Crippen LogP contribution in [0.4, 0.5) is 0 Å². The van der Waals surface area contributed by atoms with Crippen LogP contribution in [-0.2, 0) is 9.59 Å². The number of carbonyl (C=O) groups is 2. The molecule has 0 aromatic rings. The quantitative estimate of drug-likeness (QED) is 0.325. The Bertz CT molecular complexity index is 381. The average molecular weight is 327 g/mol. The summed E-state index contributed by atoms with van der Waals surface area (Å²) >= 11 is 0. The Morgan fingerprint density at radius 2 is 1.61 bits per heavy atom. The Labute approximate surface area is 140 Å². The van der Waals surface area contributed by atoms with Gasteiger partial charge in [-0.2, -0.15) is 4.99 Å². The van der Waals surface area contributed by atoms with Gasteiger partial charge in [-0.3, -0.25) is 9.59 Å². The molecule has 3 N–H and O–H groups in total. The van der Waals surface area contributed by atoms with Crippen molar-refractivity contribution in [1.82, 2.24) is 4.90 Å². The molecule has 0 aromatic carbocycles. The molecule has 0 saturated carbocycles. The van der Waals surface area contributed by atoms with Crippen molar-refractivity contribution in [1.29, 1.82) is 0 Å². The number of ketones is 1. The smallest absolute Gasteiger partial charge is 0.248 e. The van der Waals surface area contributed by atoms with Crippen LogP contribution < -0.4 is 5.73 Å². The molecule has 0 aliphatic carbocycles. The third-order valence-corrected chi connectivity index (χ3v) is 3.60. The first-order valence-corrected chi connectivity index (χ1v) is 8.58. The highest BCUT2D eigenvalue weighted by molar-refractivity contribution is 5.93. The molecule has 1 atom stereocenters. The molecule has 0 aliphatic rings. The number of rotatable bonds is 12. The van der Waals surface area contributed by atoms with Crippen LogP contribution in [0, 0.1) is 0 Å². The fraction of sp³-hybridized carbons (Fsp3) is 0.824. The second-order valence-corrected chi connectivity index (χ2v) is 6.28. The Morgan fingerprint density at radius 3 is 2.13 bits per heavy atom. The molecule has 0 bridgehead atoms. The van der Waals surface area contributed by atoms with Crippen LogP contribution in [-0.4, -0.2) is 47.4 Å². The first-order valence-electron chi connectivity index (χ1n) is 8.58. The van der Waals surface area contributed by atoms with E-state index in [-0.39, 0.29) is 30.3 Å². The number of aliphatic hydroxyl groups is 1. The number of unbranched alkanes of at least 4 members (excludes halogenated alkanes) is 6. The van der Waals surface area contributed by atoms with Gasteiger partial charge in [0.1, 0.15) is 5.78 Å². The topological polar surface area (TPSA) is 96.0 Å². The van der Waals surface area contributed by atoms with Crippen molar-refractivity contribution < 1.29 is 14.7 Å². The maximum Gasteiger partial charge on any atom is 0.248 e. The lowest BCUT2D eigenvalue weighted by Crippen LogP contribution is -2.37. The number of hydrogen-bond donors (Lipinski definition) is 2. The lowest BCUT2D eigenvalue weighted by molar-refractivity contribution is -0.119. The minimum atomic E-state index is -0.227. The Balaban J connectivity index is 3.65. The third-order valence-electron chi connectivity index (χ3n) is 3.60. The van der Waals surface area contributed by atoms with Crippen LogP contribution in [0.5, 0.6) is 0 Å². The Hall–Kier alpha value is -1.43. The molecule has 1 unspecified atom stereocenters. The Kier molecular flexibility index (Phi) is 12.2. The van der Waals surface area contributed by atoms with Crippen molar-refractivity contribution in [3.8, 4) is 0 Å². The summed E-state index contributed by atoms with van der Waals surface area (Å²) in [6.07, 6.45) is 8.63. The number of likely N-dealkylation sites (N-methyl/N-ethyl adjacent to an activating group) is 1. The minimum Gasteiger partial charge on any atom is -0.393 e. The fourth-order valence-electron chi connectivity index (χ4n) is 2.28. The number of carbonyl (C=O) groups excluding carboxylic acids is 2. The highest BCUT2D eigenvalue weighted by Crippen LogP contribution is 2.11. The first-order chi connectivity index (χ1) is 10.8. The Morgan fingerprint density at radius 1 is 1.09 bits per heavy atom. The maximum absolute atomic E-state index is 11.7. The van der Waals surface area contributed by atoms with E-state index in [0.29, 0.717) is 6.42 Å². The van der Waals surface area contributed by atoms with Crippen molar-refractivity contribution in [3.63, 3.8) is 0 Å². The summed E-state index contributed by atoms with van der Waals surface area (Å²) in [6.45, 7) is 3.46. The van der Waals surface area contributed by atoms with Crippen molar-refractivity contribution in [3.05, 3.63) is 0 Å². The van der Waals surface area contributed by atoms with E-state index in [2.05, 4.69) is 4.99 Å². The van der Waals surface area contributed by atoms with E-state index in [9.17, 15) is 9.59 Å². The number of Topliss-reactive ketones (excluding diaryl/α,β-unsaturated/α-hetero) is 1. The zero-order chi connectivity index (χ0) is 17.7. The standard InChI is InChI=1S/C17H33N3O3/c1-14(21)11-9-7-5-4-6-8-10-12-16(23)19-17(18)20(3)13-15(2)22/h14,21H,4-13H2,1-3H3,(H2,18,19,23). The molecule has 0 rings (SSSR count). The summed E-state index contributed by atoms with van der Waals surface area (Å²) in [5, 5.41) is 9.15. The van der Waals surface area contributed by atoms with E-state index in [1.807, 2.05) is 6.92 Å². The van der Waals surface area contributed by atoms with Gasteiger partial charge in [0.2, 0.25) is 5.91 Å². The maximum atomic E-state index is 11.7. The summed E-state index contributed by atoms with van der Waals surface area (Å²) in [5.41, 5.74) is 5.67. The summed E-state index contributed by atoms with van der Waals surface area (Å²) in [5.74, 6) is -0.148. The molecule has 6 nitrogen and oxygen atoms in total. The molecule has 134 valence electrons. The molecular formula is C17H33N3O3. The number of nitrogens with two attached hydrogens (primary N) is 1. The number of guanidine groups is 1. The summed E-state index contributed by atoms with van der Waals surface area (Å²) in [4.78, 5) is 27.9. The van der Waals surface area contributed by atoms with E-state index in [0.717, 1.165) is 38.5 Å². The van der Waals surface area contributed by atoms with Crippen LogP contribution in [0.25, 0.3) is 0 Å². The van der Waals surface area contributed by atoms with Gasteiger partial charge in [0.15, 0.2) is 5.96 Å². The minimum absolute atomic E-state index is 0.0217. The van der Waals surface area contributed by atoms with Crippen molar-refractivity contribution in [2.24, 2.45) is 10.7 Å². The van der Waals surface area contributed by atoms with Gasteiger partial charge in [0, 0.05) is 13.5 Å². The van der Waals surface area contributed by atoms with E-state index in [4.69, 9.17) is 10.8 Å². The monoisotopic (exact) mass is 327 g/mol. The van der Waals surface area contributed by atoms with Gasteiger partial charge in [0.25, 0.3) is 0 Å². The van der Waals surface area contributed by atoms with E-state index >= 15 is 0 Å². The number of aliphatic imine (C=N–C) groups is 1. The molecule has 0 fully saturated rings. The predicted molar refractivity (Wildman–Crippen MR) is 93.2 cm³/mol. The lowest BCUT2D eigenvalue weighted by atomic mass is 10.1. The molecular weight excluding hydrogens is 294 g/mol. The van der Waals surface area contributed by atoms with Gasteiger partial charge in [-0.15, -0.1) is 0 Å². The number of hydrogen-bond acceptors (Lipinski definition) is 3. The van der Waals surface area contributed by atoms with E-state index in [1.165, 1.54) is 24.7 Å². The zero-order valence-electron chi connectivity index (χ0n) is 14.9. The van der Waals surface area contributed by atoms with Crippen molar-refractivity contribution >= 4 is 17.6 Å². The molecule has 0 radical (unpaired) electrons. The normalized spacial score (nSPS) is 13.0. The highest BCUT2D eigenvalue weighted by Gasteiger charge is 2.07. The number of nitrogens with zero attached hydrogens (tertiary/aromatic N) is 2. The van der Waals surface area contributed by atoms with Crippen molar-refractivity contribution in [2.45, 2.75) is 77.7 Å². The number of amides is 1. The molecule has 0 heterocycles. The van der Waals surface area contributed by atoms with Crippen LogP contribution in [0.15, 0.2) is 4.99 Å². The van der Waals surface area contributed by atoms with Crippen LogP contribution in [0.2, 0.25) is 0 Å². The SMILES string of the molecule is CC(=O)CN(C)C(N)=NC(=O)CCCCCCCCCC(C)O. The summed E-state index contributed by atoms with van der Waals surface area (Å²) in [6, 6.07) is 0. The van der Waals surface area contributed by atoms with Gasteiger partial charge in [-0.05, 0) is 26.7 Å². The first kappa shape index (κ1) is 21.6. The largest absolute Gasteiger partial charge is 0.393 e. The van der Waals surface area contributed by atoms with E-state index in [1.54, 1.807) is 7.05 Å². The summed E-state index contributed by atoms with van der Waals surface area (Å²) in [7, 11) is 1.64. The molecule has 6 heteroatoms. The second kappa shape index (κ2) is 13.0. The molecule has 0 aromatic heterocycles. The molecule has 23 heavy (non-hydrogen) atoms. The summed E-state index contributed by atoms with van der Waals surface area (Å²) < 4.78 is 0. The predicted octanol–water partition coefficient (Wildman–Crippen LogP) is 2.24. The van der Waals surface area contributed by atoms with Gasteiger partial charge in [-0.1, -0.05) is 38.5 Å². The number of aliphatic hydroxyl groups excluding tert-OH is 1. The molecule has 1 amide bonds. The van der Waals surface area contributed by atoms with E-state index < -0.39 is 0 Å². The average Bonchev–Trinajstić information content (AvgIpc) is 2.44. The lowest BCUT2D eigenvalue weighted by Gasteiger charge is -2.15. The van der Waals surface area contributed by atoms with Crippen molar-refractivity contribution in [2.75, 3.05) is 13.6 Å². The zero-order valence-corrected chi connectivity index (χ0v) is 14.9. The van der Waals surface area contributed by atoms with Crippen LogP contribution in [0.1, 0.15) is 71.6 Å². The third kappa shape index (κ3) is 13.9. The fourth-order valence-corrected chi connectivity index (χ4v) is 2.28. The second-order valence-electron chi connectivity index (χ2n) is 6.28. The molecule has 0 spiro atoms. The van der Waals surface area contributed by atoms with Gasteiger partial charge in [0.05, 0.1) is 12.6 Å². The van der Waals surface area contributed by atoms with Gasteiger partial charge < -0.3 is 15.7 Å². The highest BCUT2D eigenvalue weighted by atomic mass is 16.3. The van der Waals surface area contributed by atoms with Crippen LogP contribution in [0.3, 0.4) is 0 Å². The molecule has 0 saturated heterocycles. The van der Waals surface area contributed by atoms with Gasteiger partial charge in [-0.25, -0.2) is 0 Å². The molecule has 0 aliphatic heterocycles. The van der Waals surface area contributed by atoms with Crippen LogP contribution >= 0.6 is 0 Å².